The summed E-state index contributed by atoms with van der Waals surface area (Å²) in [6.45, 7) is 2.27. The summed E-state index contributed by atoms with van der Waals surface area (Å²) in [6, 6.07) is 15.6. The van der Waals surface area contributed by atoms with Gasteiger partial charge in [-0.1, -0.05) is 35.9 Å². The number of amides is 3. The molecule has 180 valence electrons. The molecule has 3 aromatic rings. The van der Waals surface area contributed by atoms with E-state index in [0.717, 1.165) is 16.0 Å². The Kier molecular flexibility index (Phi) is 6.86. The van der Waals surface area contributed by atoms with Crippen molar-refractivity contribution in [2.45, 2.75) is 20.1 Å². The highest BCUT2D eigenvalue weighted by Gasteiger charge is 2.34. The van der Waals surface area contributed by atoms with Crippen LogP contribution in [-0.4, -0.2) is 37.0 Å². The molecule has 9 heteroatoms. The SMILES string of the molecule is COC(=O)c1ccc(CN2C(=O)NC(=Cc3ccc(OCc4cccc(C)c4)c(OC)c3)C2=O)o1. The quantitative estimate of drug-likeness (QED) is 0.297. The highest BCUT2D eigenvalue weighted by molar-refractivity contribution is 6.13. The van der Waals surface area contributed by atoms with Gasteiger partial charge in [-0.2, -0.15) is 0 Å². The molecule has 1 aliphatic heterocycles. The van der Waals surface area contributed by atoms with Crippen LogP contribution in [0.1, 0.15) is 33.0 Å². The number of carbonyl (C=O) groups is 3. The summed E-state index contributed by atoms with van der Waals surface area (Å²) in [4.78, 5) is 37.7. The van der Waals surface area contributed by atoms with Crippen molar-refractivity contribution in [3.63, 3.8) is 0 Å². The fraction of sp³-hybridized carbons (Fsp3) is 0.192. The maximum Gasteiger partial charge on any atom is 0.373 e. The Morgan fingerprint density at radius 1 is 1.06 bits per heavy atom. The first-order chi connectivity index (χ1) is 16.9. The molecule has 35 heavy (non-hydrogen) atoms. The molecule has 0 aliphatic carbocycles. The molecule has 1 saturated heterocycles. The summed E-state index contributed by atoms with van der Waals surface area (Å²) in [6.07, 6.45) is 1.55. The lowest BCUT2D eigenvalue weighted by atomic mass is 10.1. The molecule has 1 aromatic heterocycles. The molecule has 0 atom stereocenters. The summed E-state index contributed by atoms with van der Waals surface area (Å²) in [5.74, 6) is 0.137. The van der Waals surface area contributed by atoms with Gasteiger partial charge in [0.2, 0.25) is 5.76 Å². The first-order valence-electron chi connectivity index (χ1n) is 10.8. The van der Waals surface area contributed by atoms with E-state index >= 15 is 0 Å². The zero-order chi connectivity index (χ0) is 24.9. The lowest BCUT2D eigenvalue weighted by molar-refractivity contribution is -0.123. The molecule has 2 heterocycles. The minimum Gasteiger partial charge on any atom is -0.493 e. The lowest BCUT2D eigenvalue weighted by Gasteiger charge is -2.12. The van der Waals surface area contributed by atoms with Crippen LogP contribution in [0.4, 0.5) is 4.79 Å². The molecular formula is C26H24N2O7. The van der Waals surface area contributed by atoms with Gasteiger partial charge < -0.3 is 23.9 Å². The van der Waals surface area contributed by atoms with Gasteiger partial charge in [-0.15, -0.1) is 0 Å². The molecule has 3 amide bonds. The second-order valence-corrected chi connectivity index (χ2v) is 7.83. The Morgan fingerprint density at radius 3 is 2.63 bits per heavy atom. The zero-order valence-corrected chi connectivity index (χ0v) is 19.5. The van der Waals surface area contributed by atoms with Crippen LogP contribution in [0, 0.1) is 6.92 Å². The third kappa shape index (κ3) is 5.35. The van der Waals surface area contributed by atoms with Crippen molar-refractivity contribution in [1.29, 1.82) is 0 Å². The predicted molar refractivity (Wildman–Crippen MR) is 126 cm³/mol. The van der Waals surface area contributed by atoms with Crippen LogP contribution in [0.15, 0.2) is 64.7 Å². The Balaban J connectivity index is 1.46. The van der Waals surface area contributed by atoms with Gasteiger partial charge in [-0.05, 0) is 48.4 Å². The van der Waals surface area contributed by atoms with Gasteiger partial charge in [0.1, 0.15) is 18.1 Å². The third-order valence-electron chi connectivity index (χ3n) is 5.30. The van der Waals surface area contributed by atoms with Crippen LogP contribution in [0.5, 0.6) is 11.5 Å². The van der Waals surface area contributed by atoms with Gasteiger partial charge in [0, 0.05) is 0 Å². The van der Waals surface area contributed by atoms with Crippen LogP contribution >= 0.6 is 0 Å². The minimum absolute atomic E-state index is 0.0119. The minimum atomic E-state index is -0.644. The van der Waals surface area contributed by atoms with E-state index in [1.807, 2.05) is 31.2 Å². The number of aryl methyl sites for hydroxylation is 1. The smallest absolute Gasteiger partial charge is 0.373 e. The third-order valence-corrected chi connectivity index (χ3v) is 5.30. The number of ether oxygens (including phenoxy) is 3. The topological polar surface area (TPSA) is 107 Å². The summed E-state index contributed by atoms with van der Waals surface area (Å²) in [5.41, 5.74) is 2.92. The highest BCUT2D eigenvalue weighted by atomic mass is 16.5. The normalized spacial score (nSPS) is 14.3. The van der Waals surface area contributed by atoms with E-state index in [-0.39, 0.29) is 23.8 Å². The first-order valence-corrected chi connectivity index (χ1v) is 10.8. The molecule has 1 N–H and O–H groups in total. The number of esters is 1. The standard InChI is InChI=1S/C26H24N2O7/c1-16-5-4-6-18(11-16)15-34-21-9-7-17(13-23(21)32-2)12-20-24(29)28(26(31)27-20)14-19-8-10-22(35-19)25(30)33-3/h4-13H,14-15H2,1-3H3,(H,27,31). The van der Waals surface area contributed by atoms with Gasteiger partial charge in [0.05, 0.1) is 20.8 Å². The number of urea groups is 1. The van der Waals surface area contributed by atoms with Crippen molar-refractivity contribution in [3.05, 3.63) is 88.5 Å². The van der Waals surface area contributed by atoms with Gasteiger partial charge in [-0.3, -0.25) is 9.69 Å². The Morgan fingerprint density at radius 2 is 1.89 bits per heavy atom. The second-order valence-electron chi connectivity index (χ2n) is 7.83. The monoisotopic (exact) mass is 476 g/mol. The van der Waals surface area contributed by atoms with E-state index in [2.05, 4.69) is 10.1 Å². The fourth-order valence-electron chi connectivity index (χ4n) is 3.57. The predicted octanol–water partition coefficient (Wildman–Crippen LogP) is 4.06. The molecule has 0 saturated carbocycles. The number of benzene rings is 2. The number of nitrogens with zero attached hydrogens (tertiary/aromatic N) is 1. The van der Waals surface area contributed by atoms with Crippen molar-refractivity contribution >= 4 is 24.0 Å². The second kappa shape index (κ2) is 10.2. The van der Waals surface area contributed by atoms with Crippen LogP contribution in [-0.2, 0) is 22.7 Å². The van der Waals surface area contributed by atoms with E-state index in [0.29, 0.717) is 23.7 Å². The van der Waals surface area contributed by atoms with E-state index in [1.165, 1.54) is 26.4 Å². The molecule has 0 unspecified atom stereocenters. The summed E-state index contributed by atoms with van der Waals surface area (Å²) in [7, 11) is 2.76. The van der Waals surface area contributed by atoms with Crippen LogP contribution < -0.4 is 14.8 Å². The average Bonchev–Trinajstić information content (AvgIpc) is 3.43. The summed E-state index contributed by atoms with van der Waals surface area (Å²) >= 11 is 0. The fourth-order valence-corrected chi connectivity index (χ4v) is 3.57. The van der Waals surface area contributed by atoms with E-state index in [9.17, 15) is 14.4 Å². The van der Waals surface area contributed by atoms with Gasteiger partial charge in [0.15, 0.2) is 11.5 Å². The lowest BCUT2D eigenvalue weighted by Crippen LogP contribution is -2.30. The van der Waals surface area contributed by atoms with E-state index in [4.69, 9.17) is 13.9 Å². The summed E-state index contributed by atoms with van der Waals surface area (Å²) < 4.78 is 21.3. The van der Waals surface area contributed by atoms with E-state index < -0.39 is 17.9 Å². The Labute approximate surface area is 201 Å². The molecule has 0 radical (unpaired) electrons. The van der Waals surface area contributed by atoms with Gasteiger partial charge in [0.25, 0.3) is 5.91 Å². The van der Waals surface area contributed by atoms with Crippen molar-refractivity contribution in [1.82, 2.24) is 10.2 Å². The number of carbonyl (C=O) groups excluding carboxylic acids is 3. The van der Waals surface area contributed by atoms with Crippen LogP contribution in [0.3, 0.4) is 0 Å². The van der Waals surface area contributed by atoms with E-state index in [1.54, 1.807) is 24.3 Å². The summed E-state index contributed by atoms with van der Waals surface area (Å²) in [5, 5.41) is 2.56. The van der Waals surface area contributed by atoms with Crippen molar-refractivity contribution in [3.8, 4) is 11.5 Å². The first kappa shape index (κ1) is 23.6. The average molecular weight is 476 g/mol. The highest BCUT2D eigenvalue weighted by Crippen LogP contribution is 2.30. The number of hydrogen-bond acceptors (Lipinski definition) is 7. The zero-order valence-electron chi connectivity index (χ0n) is 19.5. The largest absolute Gasteiger partial charge is 0.493 e. The molecular weight excluding hydrogens is 452 g/mol. The number of nitrogens with one attached hydrogen (secondary N) is 1. The molecule has 0 bridgehead atoms. The van der Waals surface area contributed by atoms with Crippen LogP contribution in [0.25, 0.3) is 6.08 Å². The molecule has 2 aromatic carbocycles. The molecule has 1 fully saturated rings. The Bertz CT molecular complexity index is 1310. The maximum atomic E-state index is 12.8. The number of furan rings is 1. The van der Waals surface area contributed by atoms with Crippen molar-refractivity contribution in [2.75, 3.05) is 14.2 Å². The maximum absolute atomic E-state index is 12.8. The number of hydrogen-bond donors (Lipinski definition) is 1. The molecule has 9 nitrogen and oxygen atoms in total. The molecule has 4 rings (SSSR count). The van der Waals surface area contributed by atoms with Crippen molar-refractivity contribution < 1.29 is 33.0 Å². The number of methoxy groups -OCH3 is 2. The van der Waals surface area contributed by atoms with Crippen LogP contribution in [0.2, 0.25) is 0 Å². The number of imide groups is 1. The van der Waals surface area contributed by atoms with Crippen molar-refractivity contribution in [2.24, 2.45) is 0 Å². The molecule has 1 aliphatic rings. The van der Waals surface area contributed by atoms with Gasteiger partial charge >= 0.3 is 12.0 Å². The van der Waals surface area contributed by atoms with Gasteiger partial charge in [-0.25, -0.2) is 9.59 Å². The molecule has 0 spiro atoms. The number of rotatable bonds is 8. The Hall–Kier alpha value is -4.53.